The highest BCUT2D eigenvalue weighted by Crippen LogP contribution is 2.60. The number of benzene rings is 1. The number of hydrogen-bond donors (Lipinski definition) is 3. The van der Waals surface area contributed by atoms with Crippen LogP contribution in [0.25, 0.3) is 0 Å². The Labute approximate surface area is 183 Å². The van der Waals surface area contributed by atoms with Gasteiger partial charge in [-0.2, -0.15) is 0 Å². The summed E-state index contributed by atoms with van der Waals surface area (Å²) >= 11 is 0. The molecular weight excluding hydrogens is 394 g/mol. The largest absolute Gasteiger partial charge is 0.465 e. The van der Waals surface area contributed by atoms with Crippen LogP contribution in [0.15, 0.2) is 24.3 Å². The minimum atomic E-state index is -0.981. The number of carboxylic acid groups (broad SMARTS) is 1. The van der Waals surface area contributed by atoms with E-state index >= 15 is 0 Å². The molecule has 31 heavy (non-hydrogen) atoms. The lowest BCUT2D eigenvalue weighted by atomic mass is 9.48. The van der Waals surface area contributed by atoms with E-state index in [-0.39, 0.29) is 23.5 Å². The highest BCUT2D eigenvalue weighted by molar-refractivity contribution is 5.85. The first-order valence-electron chi connectivity index (χ1n) is 11.7. The number of carbonyl (C=O) groups excluding carboxylic acids is 1. The molecular formula is C24H33N3O4. The lowest BCUT2D eigenvalue weighted by Gasteiger charge is -2.58. The van der Waals surface area contributed by atoms with E-state index in [0.29, 0.717) is 23.4 Å². The van der Waals surface area contributed by atoms with Crippen LogP contribution in [0.1, 0.15) is 44.9 Å². The Morgan fingerprint density at radius 2 is 1.81 bits per heavy atom. The third-order valence-corrected chi connectivity index (χ3v) is 8.35. The van der Waals surface area contributed by atoms with Gasteiger partial charge in [-0.3, -0.25) is 9.69 Å². The molecule has 4 saturated carbocycles. The lowest BCUT2D eigenvalue weighted by Crippen LogP contribution is -2.60. The minimum Gasteiger partial charge on any atom is -0.465 e. The van der Waals surface area contributed by atoms with Crippen molar-refractivity contribution in [1.82, 2.24) is 5.32 Å². The lowest BCUT2D eigenvalue weighted by molar-refractivity contribution is -0.163. The summed E-state index contributed by atoms with van der Waals surface area (Å²) in [6.07, 6.45) is 5.69. The van der Waals surface area contributed by atoms with E-state index in [2.05, 4.69) is 10.2 Å². The van der Waals surface area contributed by atoms with Crippen molar-refractivity contribution in [2.75, 3.05) is 29.9 Å². The maximum atomic E-state index is 13.4. The molecule has 0 aromatic heterocycles. The maximum Gasteiger partial charge on any atom is 0.411 e. The molecule has 5 aliphatic rings. The van der Waals surface area contributed by atoms with E-state index in [0.717, 1.165) is 63.7 Å². The molecule has 1 saturated heterocycles. The number of piperidine rings is 1. The Kier molecular flexibility index (Phi) is 5.12. The number of aliphatic hydroxyl groups excluding tert-OH is 1. The second-order valence-electron chi connectivity index (χ2n) is 10.4. The molecule has 0 radical (unpaired) electrons. The van der Waals surface area contributed by atoms with Crippen molar-refractivity contribution >= 4 is 23.4 Å². The van der Waals surface area contributed by atoms with Crippen LogP contribution >= 0.6 is 0 Å². The molecule has 1 heterocycles. The third kappa shape index (κ3) is 3.67. The van der Waals surface area contributed by atoms with Crippen molar-refractivity contribution in [3.8, 4) is 0 Å². The van der Waals surface area contributed by atoms with Crippen molar-refractivity contribution in [2.45, 2.75) is 57.1 Å². The van der Waals surface area contributed by atoms with Crippen LogP contribution in [0.4, 0.5) is 16.2 Å². The fourth-order valence-corrected chi connectivity index (χ4v) is 6.94. The number of nitrogens with one attached hydrogen (secondary N) is 1. The second-order valence-corrected chi connectivity index (χ2v) is 10.4. The summed E-state index contributed by atoms with van der Waals surface area (Å²) in [6.45, 7) is 1.71. The van der Waals surface area contributed by atoms with Gasteiger partial charge in [-0.1, -0.05) is 0 Å². The molecule has 168 valence electrons. The van der Waals surface area contributed by atoms with Gasteiger partial charge >= 0.3 is 6.09 Å². The molecule has 0 spiro atoms. The smallest absolute Gasteiger partial charge is 0.411 e. The molecule has 3 atom stereocenters. The maximum absolute atomic E-state index is 13.4. The highest BCUT2D eigenvalue weighted by Gasteiger charge is 2.58. The summed E-state index contributed by atoms with van der Waals surface area (Å²) in [7, 11) is 1.53. The van der Waals surface area contributed by atoms with Gasteiger partial charge in [0, 0.05) is 37.6 Å². The highest BCUT2D eigenvalue weighted by atomic mass is 16.4. The molecule has 2 unspecified atom stereocenters. The van der Waals surface area contributed by atoms with Gasteiger partial charge in [-0.25, -0.2) is 4.79 Å². The zero-order valence-electron chi connectivity index (χ0n) is 18.2. The quantitative estimate of drug-likeness (QED) is 0.687. The van der Waals surface area contributed by atoms with Crippen LogP contribution in [-0.4, -0.2) is 54.5 Å². The molecule has 1 aromatic rings. The van der Waals surface area contributed by atoms with Crippen molar-refractivity contribution in [2.24, 2.45) is 23.2 Å². The summed E-state index contributed by atoms with van der Waals surface area (Å²) < 4.78 is 0. The molecule has 4 aliphatic carbocycles. The van der Waals surface area contributed by atoms with E-state index in [1.54, 1.807) is 0 Å². The average molecular weight is 428 g/mol. The van der Waals surface area contributed by atoms with Gasteiger partial charge < -0.3 is 20.4 Å². The van der Waals surface area contributed by atoms with Crippen molar-refractivity contribution in [3.63, 3.8) is 0 Å². The topological polar surface area (TPSA) is 93.1 Å². The standard InChI is InChI=1S/C24H33N3O4/c1-26(23(30)31)19-4-6-20(7-5-19)27-8-2-3-18(14-27)25-22(29)24-11-15-9-16(12-24)21(28)17(10-15)13-24/h4-7,15-18,21,28H,2-3,8-14H2,1H3,(H,25,29)(H,30,31)/t15?,16?,17?,18-,21?,24?/m0/s1. The first kappa shape index (κ1) is 20.6. The predicted octanol–water partition coefficient (Wildman–Crippen LogP) is 3.07. The van der Waals surface area contributed by atoms with Crippen LogP contribution < -0.4 is 15.1 Å². The van der Waals surface area contributed by atoms with Crippen molar-refractivity contribution in [3.05, 3.63) is 24.3 Å². The van der Waals surface area contributed by atoms with Gasteiger partial charge in [0.15, 0.2) is 0 Å². The van der Waals surface area contributed by atoms with Gasteiger partial charge in [0.1, 0.15) is 0 Å². The van der Waals surface area contributed by atoms with E-state index in [1.165, 1.54) is 11.9 Å². The molecule has 7 heteroatoms. The first-order chi connectivity index (χ1) is 14.8. The molecule has 2 amide bonds. The molecule has 1 aliphatic heterocycles. The number of rotatable bonds is 4. The Bertz CT molecular complexity index is 841. The normalized spacial score (nSPS) is 36.3. The summed E-state index contributed by atoms with van der Waals surface area (Å²) in [5.41, 5.74) is 1.43. The Morgan fingerprint density at radius 3 is 2.45 bits per heavy atom. The number of anilines is 2. The Balaban J connectivity index is 1.23. The molecule has 7 nitrogen and oxygen atoms in total. The monoisotopic (exact) mass is 427 g/mol. The van der Waals surface area contributed by atoms with Gasteiger partial charge in [0.05, 0.1) is 11.5 Å². The van der Waals surface area contributed by atoms with E-state index < -0.39 is 6.09 Å². The Morgan fingerprint density at radius 1 is 1.13 bits per heavy atom. The fourth-order valence-electron chi connectivity index (χ4n) is 6.94. The van der Waals surface area contributed by atoms with Crippen LogP contribution in [0.2, 0.25) is 0 Å². The number of hydrogen-bond acceptors (Lipinski definition) is 4. The second kappa shape index (κ2) is 7.69. The predicted molar refractivity (Wildman–Crippen MR) is 118 cm³/mol. The van der Waals surface area contributed by atoms with E-state index in [1.807, 2.05) is 24.3 Å². The number of aliphatic hydroxyl groups is 1. The van der Waals surface area contributed by atoms with E-state index in [4.69, 9.17) is 5.11 Å². The van der Waals surface area contributed by atoms with Gasteiger partial charge in [-0.05, 0) is 87.0 Å². The van der Waals surface area contributed by atoms with Gasteiger partial charge in [0.25, 0.3) is 0 Å². The fraction of sp³-hybridized carbons (Fsp3) is 0.667. The van der Waals surface area contributed by atoms with Gasteiger partial charge in [0.2, 0.25) is 5.91 Å². The van der Waals surface area contributed by atoms with Crippen molar-refractivity contribution < 1.29 is 19.8 Å². The zero-order chi connectivity index (χ0) is 21.8. The minimum absolute atomic E-state index is 0.126. The SMILES string of the molecule is CN(C(=O)O)c1ccc(N2CCC[C@H](NC(=O)C34CC5CC(C3)C(O)C(C5)C4)C2)cc1. The van der Waals surface area contributed by atoms with Gasteiger partial charge in [-0.15, -0.1) is 0 Å². The summed E-state index contributed by atoms with van der Waals surface area (Å²) in [5, 5.41) is 23.0. The third-order valence-electron chi connectivity index (χ3n) is 8.35. The molecule has 6 rings (SSSR count). The average Bonchev–Trinajstić information content (AvgIpc) is 2.76. The first-order valence-corrected chi connectivity index (χ1v) is 11.7. The van der Waals surface area contributed by atoms with Crippen LogP contribution in [0.5, 0.6) is 0 Å². The van der Waals surface area contributed by atoms with Crippen molar-refractivity contribution in [1.29, 1.82) is 0 Å². The summed E-state index contributed by atoms with van der Waals surface area (Å²) in [4.78, 5) is 28.0. The number of amides is 2. The summed E-state index contributed by atoms with van der Waals surface area (Å²) in [5.74, 6) is 1.44. The molecule has 4 bridgehead atoms. The Hall–Kier alpha value is -2.28. The molecule has 3 N–H and O–H groups in total. The van der Waals surface area contributed by atoms with E-state index in [9.17, 15) is 14.7 Å². The van der Waals surface area contributed by atoms with Crippen LogP contribution in [-0.2, 0) is 4.79 Å². The summed E-state index contributed by atoms with van der Waals surface area (Å²) in [6, 6.07) is 7.69. The zero-order valence-corrected chi connectivity index (χ0v) is 18.2. The number of carbonyl (C=O) groups is 2. The molecule has 5 fully saturated rings. The molecule has 1 aromatic carbocycles. The van der Waals surface area contributed by atoms with Crippen LogP contribution in [0.3, 0.4) is 0 Å². The van der Waals surface area contributed by atoms with Crippen LogP contribution in [0, 0.1) is 23.2 Å². The number of nitrogens with zero attached hydrogens (tertiary/aromatic N) is 2.